The zero-order valence-corrected chi connectivity index (χ0v) is 12.5. The molecule has 0 saturated carbocycles. The summed E-state index contributed by atoms with van der Waals surface area (Å²) in [7, 11) is 0. The van der Waals surface area contributed by atoms with Crippen molar-refractivity contribution in [3.8, 4) is 5.75 Å². The third kappa shape index (κ3) is 5.21. The van der Waals surface area contributed by atoms with Gasteiger partial charge in [-0.3, -0.25) is 0 Å². The van der Waals surface area contributed by atoms with Crippen LogP contribution in [0.25, 0.3) is 0 Å². The Morgan fingerprint density at radius 3 is 2.29 bits per heavy atom. The molecule has 0 aliphatic rings. The van der Waals surface area contributed by atoms with Gasteiger partial charge in [0.05, 0.1) is 5.60 Å². The number of ether oxygens (including phenoxy) is 1. The van der Waals surface area contributed by atoms with Crippen molar-refractivity contribution in [3.05, 3.63) is 65.7 Å². The summed E-state index contributed by atoms with van der Waals surface area (Å²) in [6.07, 6.45) is 1.47. The summed E-state index contributed by atoms with van der Waals surface area (Å²) < 4.78 is 5.74. The smallest absolute Gasteiger partial charge is 0.119 e. The topological polar surface area (TPSA) is 55.5 Å². The van der Waals surface area contributed by atoms with E-state index in [1.54, 1.807) is 6.92 Å². The maximum atomic E-state index is 9.90. The first kappa shape index (κ1) is 15.5. The third-order valence-corrected chi connectivity index (χ3v) is 3.56. The third-order valence-electron chi connectivity index (χ3n) is 3.56. The second kappa shape index (κ2) is 7.25. The molecule has 3 heteroatoms. The Hall–Kier alpha value is -1.84. The second-order valence-electron chi connectivity index (χ2n) is 5.62. The SMILES string of the molecule is CC(O)(CN)CCc1ccc(OCc2ccccc2)cc1. The van der Waals surface area contributed by atoms with Gasteiger partial charge in [0.15, 0.2) is 0 Å². The molecule has 0 saturated heterocycles. The minimum absolute atomic E-state index is 0.283. The van der Waals surface area contributed by atoms with E-state index in [0.717, 1.165) is 17.7 Å². The van der Waals surface area contributed by atoms with Gasteiger partial charge in [-0.1, -0.05) is 42.5 Å². The molecular weight excluding hydrogens is 262 g/mol. The lowest BCUT2D eigenvalue weighted by atomic mass is 9.97. The van der Waals surface area contributed by atoms with E-state index in [1.807, 2.05) is 54.6 Å². The van der Waals surface area contributed by atoms with E-state index >= 15 is 0 Å². The number of rotatable bonds is 7. The maximum absolute atomic E-state index is 9.90. The molecule has 0 spiro atoms. The number of hydrogen-bond acceptors (Lipinski definition) is 3. The Balaban J connectivity index is 1.84. The maximum Gasteiger partial charge on any atom is 0.119 e. The molecule has 0 heterocycles. The van der Waals surface area contributed by atoms with Gasteiger partial charge in [-0.25, -0.2) is 0 Å². The molecule has 2 rings (SSSR count). The lowest BCUT2D eigenvalue weighted by molar-refractivity contribution is 0.0603. The lowest BCUT2D eigenvalue weighted by Crippen LogP contribution is -2.34. The minimum Gasteiger partial charge on any atom is -0.489 e. The highest BCUT2D eigenvalue weighted by atomic mass is 16.5. The standard InChI is InChI=1S/C18H23NO2/c1-18(20,14-19)12-11-15-7-9-17(10-8-15)21-13-16-5-3-2-4-6-16/h2-10,20H,11-14,19H2,1H3. The summed E-state index contributed by atoms with van der Waals surface area (Å²) >= 11 is 0. The van der Waals surface area contributed by atoms with E-state index in [4.69, 9.17) is 10.5 Å². The van der Waals surface area contributed by atoms with Gasteiger partial charge in [-0.15, -0.1) is 0 Å². The van der Waals surface area contributed by atoms with Crippen molar-refractivity contribution >= 4 is 0 Å². The molecule has 0 amide bonds. The Bertz CT molecular complexity index is 535. The molecule has 0 aliphatic carbocycles. The van der Waals surface area contributed by atoms with Gasteiger partial charge in [0, 0.05) is 6.54 Å². The summed E-state index contributed by atoms with van der Waals surface area (Å²) in [4.78, 5) is 0. The van der Waals surface area contributed by atoms with Crippen LogP contribution in [-0.2, 0) is 13.0 Å². The Morgan fingerprint density at radius 2 is 1.67 bits per heavy atom. The summed E-state index contributed by atoms with van der Waals surface area (Å²) in [6.45, 7) is 2.62. The molecule has 0 aromatic heterocycles. The first-order valence-corrected chi connectivity index (χ1v) is 7.27. The lowest BCUT2D eigenvalue weighted by Gasteiger charge is -2.20. The molecular formula is C18H23NO2. The van der Waals surface area contributed by atoms with Gasteiger partial charge in [-0.05, 0) is 43.0 Å². The van der Waals surface area contributed by atoms with E-state index in [2.05, 4.69) is 0 Å². The fraction of sp³-hybridized carbons (Fsp3) is 0.333. The van der Waals surface area contributed by atoms with E-state index in [-0.39, 0.29) is 6.54 Å². The average Bonchev–Trinajstić information content (AvgIpc) is 2.53. The van der Waals surface area contributed by atoms with Crippen LogP contribution in [0.4, 0.5) is 0 Å². The minimum atomic E-state index is -0.789. The van der Waals surface area contributed by atoms with Crippen LogP contribution >= 0.6 is 0 Å². The normalized spacial score (nSPS) is 13.7. The van der Waals surface area contributed by atoms with Crippen molar-refractivity contribution in [2.75, 3.05) is 6.54 Å². The highest BCUT2D eigenvalue weighted by Crippen LogP contribution is 2.17. The van der Waals surface area contributed by atoms with Crippen molar-refractivity contribution < 1.29 is 9.84 Å². The van der Waals surface area contributed by atoms with Gasteiger partial charge in [0.2, 0.25) is 0 Å². The summed E-state index contributed by atoms with van der Waals surface area (Å²) in [5.74, 6) is 0.855. The molecule has 112 valence electrons. The molecule has 1 atom stereocenters. The molecule has 1 unspecified atom stereocenters. The number of benzene rings is 2. The zero-order chi connectivity index (χ0) is 15.1. The van der Waals surface area contributed by atoms with Crippen molar-refractivity contribution in [1.82, 2.24) is 0 Å². The van der Waals surface area contributed by atoms with Crippen LogP contribution in [0.3, 0.4) is 0 Å². The molecule has 0 aliphatic heterocycles. The van der Waals surface area contributed by atoms with Crippen LogP contribution in [-0.4, -0.2) is 17.3 Å². The number of aliphatic hydroxyl groups is 1. The summed E-state index contributed by atoms with van der Waals surface area (Å²) in [5.41, 5.74) is 7.06. The second-order valence-corrected chi connectivity index (χ2v) is 5.62. The van der Waals surface area contributed by atoms with Crippen LogP contribution in [0.15, 0.2) is 54.6 Å². The van der Waals surface area contributed by atoms with Crippen molar-refractivity contribution in [2.45, 2.75) is 32.0 Å². The van der Waals surface area contributed by atoms with Gasteiger partial charge in [0.25, 0.3) is 0 Å². The molecule has 2 aromatic rings. The van der Waals surface area contributed by atoms with Crippen LogP contribution in [0.5, 0.6) is 5.75 Å². The molecule has 3 nitrogen and oxygen atoms in total. The molecule has 0 bridgehead atoms. The highest BCUT2D eigenvalue weighted by Gasteiger charge is 2.17. The van der Waals surface area contributed by atoms with E-state index < -0.39 is 5.60 Å². The molecule has 0 fully saturated rings. The van der Waals surface area contributed by atoms with Crippen molar-refractivity contribution in [1.29, 1.82) is 0 Å². The molecule has 0 radical (unpaired) electrons. The summed E-state index contributed by atoms with van der Waals surface area (Å²) in [5, 5.41) is 9.90. The van der Waals surface area contributed by atoms with E-state index in [1.165, 1.54) is 5.56 Å². The fourth-order valence-corrected chi connectivity index (χ4v) is 2.01. The van der Waals surface area contributed by atoms with Crippen LogP contribution in [0, 0.1) is 0 Å². The largest absolute Gasteiger partial charge is 0.489 e. The Morgan fingerprint density at radius 1 is 1.00 bits per heavy atom. The van der Waals surface area contributed by atoms with Crippen LogP contribution < -0.4 is 10.5 Å². The van der Waals surface area contributed by atoms with Crippen molar-refractivity contribution in [2.24, 2.45) is 5.73 Å². The summed E-state index contributed by atoms with van der Waals surface area (Å²) in [6, 6.07) is 18.1. The fourth-order valence-electron chi connectivity index (χ4n) is 2.01. The molecule has 21 heavy (non-hydrogen) atoms. The predicted molar refractivity (Wildman–Crippen MR) is 85.2 cm³/mol. The first-order valence-electron chi connectivity index (χ1n) is 7.27. The highest BCUT2D eigenvalue weighted by molar-refractivity contribution is 5.28. The molecule has 3 N–H and O–H groups in total. The predicted octanol–water partition coefficient (Wildman–Crippen LogP) is 2.91. The monoisotopic (exact) mass is 285 g/mol. The Labute approximate surface area is 126 Å². The van der Waals surface area contributed by atoms with E-state index in [0.29, 0.717) is 13.0 Å². The van der Waals surface area contributed by atoms with Gasteiger partial charge in [-0.2, -0.15) is 0 Å². The number of aryl methyl sites for hydroxylation is 1. The number of nitrogens with two attached hydrogens (primary N) is 1. The zero-order valence-electron chi connectivity index (χ0n) is 12.5. The van der Waals surface area contributed by atoms with Gasteiger partial charge in [0.1, 0.15) is 12.4 Å². The number of hydrogen-bond donors (Lipinski definition) is 2. The first-order chi connectivity index (χ1) is 10.1. The van der Waals surface area contributed by atoms with Crippen LogP contribution in [0.2, 0.25) is 0 Å². The molecule has 2 aromatic carbocycles. The van der Waals surface area contributed by atoms with Crippen LogP contribution in [0.1, 0.15) is 24.5 Å². The van der Waals surface area contributed by atoms with Gasteiger partial charge >= 0.3 is 0 Å². The quantitative estimate of drug-likeness (QED) is 0.822. The van der Waals surface area contributed by atoms with Gasteiger partial charge < -0.3 is 15.6 Å². The van der Waals surface area contributed by atoms with Crippen molar-refractivity contribution in [3.63, 3.8) is 0 Å². The Kier molecular flexibility index (Phi) is 5.37. The van der Waals surface area contributed by atoms with E-state index in [9.17, 15) is 5.11 Å². The average molecular weight is 285 g/mol.